The summed E-state index contributed by atoms with van der Waals surface area (Å²) in [5.74, 6) is 2.02. The molecule has 2 aromatic rings. The molecule has 1 aromatic carbocycles. The highest BCUT2D eigenvalue weighted by molar-refractivity contribution is 5.79. The fraction of sp³-hybridized carbons (Fsp3) is 0.500. The lowest BCUT2D eigenvalue weighted by Gasteiger charge is -2.17. The van der Waals surface area contributed by atoms with E-state index in [1.807, 2.05) is 13.0 Å². The molecule has 27 heavy (non-hydrogen) atoms. The molecule has 0 radical (unpaired) electrons. The van der Waals surface area contributed by atoms with Crippen molar-refractivity contribution in [1.29, 1.82) is 0 Å². The van der Waals surface area contributed by atoms with E-state index in [1.165, 1.54) is 12.1 Å². The third kappa shape index (κ3) is 6.58. The van der Waals surface area contributed by atoms with E-state index in [0.717, 1.165) is 24.3 Å². The van der Waals surface area contributed by atoms with Crippen LogP contribution in [0.1, 0.15) is 51.0 Å². The van der Waals surface area contributed by atoms with E-state index in [9.17, 15) is 4.39 Å². The van der Waals surface area contributed by atoms with Crippen molar-refractivity contribution in [2.75, 3.05) is 13.6 Å². The predicted molar refractivity (Wildman–Crippen MR) is 105 cm³/mol. The van der Waals surface area contributed by atoms with Gasteiger partial charge in [-0.1, -0.05) is 25.1 Å². The summed E-state index contributed by atoms with van der Waals surface area (Å²) in [5.41, 5.74) is 0.997. The van der Waals surface area contributed by atoms with Crippen molar-refractivity contribution in [2.45, 2.75) is 52.2 Å². The summed E-state index contributed by atoms with van der Waals surface area (Å²) in [5, 5.41) is 10.5. The molecule has 2 N–H and O–H groups in total. The molecule has 0 bridgehead atoms. The van der Waals surface area contributed by atoms with Gasteiger partial charge in [-0.05, 0) is 31.9 Å². The first-order chi connectivity index (χ1) is 13.0. The molecule has 0 saturated heterocycles. The van der Waals surface area contributed by atoms with Crippen LogP contribution in [0.4, 0.5) is 4.39 Å². The van der Waals surface area contributed by atoms with Gasteiger partial charge >= 0.3 is 0 Å². The molecule has 0 amide bonds. The number of halogens is 1. The van der Waals surface area contributed by atoms with Gasteiger partial charge in [-0.3, -0.25) is 4.99 Å². The van der Waals surface area contributed by atoms with Gasteiger partial charge in [-0.2, -0.15) is 0 Å². The van der Waals surface area contributed by atoms with Crippen molar-refractivity contribution in [1.82, 2.24) is 15.8 Å². The van der Waals surface area contributed by atoms with Crippen LogP contribution >= 0.6 is 0 Å². The van der Waals surface area contributed by atoms with Crippen molar-refractivity contribution >= 4 is 5.96 Å². The van der Waals surface area contributed by atoms with Crippen molar-refractivity contribution in [3.63, 3.8) is 0 Å². The smallest absolute Gasteiger partial charge is 0.191 e. The van der Waals surface area contributed by atoms with E-state index < -0.39 is 0 Å². The lowest BCUT2D eigenvalue weighted by atomic mass is 9.99. The van der Waals surface area contributed by atoms with Gasteiger partial charge in [0.15, 0.2) is 11.7 Å². The van der Waals surface area contributed by atoms with E-state index in [2.05, 4.69) is 34.6 Å². The number of nitrogens with zero attached hydrogens (tertiary/aromatic N) is 2. The maximum Gasteiger partial charge on any atom is 0.191 e. The topological polar surface area (TPSA) is 71.7 Å². The quantitative estimate of drug-likeness (QED) is 0.514. The average molecular weight is 376 g/mol. The molecule has 1 unspecified atom stereocenters. The molecule has 0 aliphatic carbocycles. The molecule has 0 aliphatic rings. The van der Waals surface area contributed by atoms with E-state index in [-0.39, 0.29) is 11.9 Å². The second-order valence-electron chi connectivity index (χ2n) is 6.42. The van der Waals surface area contributed by atoms with Gasteiger partial charge in [-0.25, -0.2) is 4.39 Å². The Morgan fingerprint density at radius 1 is 1.26 bits per heavy atom. The van der Waals surface area contributed by atoms with Gasteiger partial charge in [0.05, 0.1) is 18.8 Å². The minimum atomic E-state index is -0.315. The molecule has 0 aliphatic heterocycles. The summed E-state index contributed by atoms with van der Waals surface area (Å²) in [6.07, 6.45) is 1.93. The summed E-state index contributed by atoms with van der Waals surface area (Å²) < 4.78 is 24.3. The Balaban J connectivity index is 1.78. The lowest BCUT2D eigenvalue weighted by Crippen LogP contribution is -2.41. The zero-order chi connectivity index (χ0) is 19.6. The first kappa shape index (κ1) is 20.7. The Hall–Kier alpha value is -2.57. The number of rotatable bonds is 9. The fourth-order valence-electron chi connectivity index (χ4n) is 2.76. The summed E-state index contributed by atoms with van der Waals surface area (Å²) in [7, 11) is 1.70. The van der Waals surface area contributed by atoms with E-state index in [4.69, 9.17) is 9.26 Å². The second-order valence-corrected chi connectivity index (χ2v) is 6.42. The average Bonchev–Trinajstić information content (AvgIpc) is 3.11. The maximum absolute atomic E-state index is 13.2. The number of nitrogens with one attached hydrogen (secondary N) is 2. The van der Waals surface area contributed by atoms with Gasteiger partial charge < -0.3 is 19.9 Å². The molecule has 0 spiro atoms. The lowest BCUT2D eigenvalue weighted by molar-refractivity contribution is 0.223. The molecule has 148 valence electrons. The summed E-state index contributed by atoms with van der Waals surface area (Å²) >= 11 is 0. The predicted octanol–water partition coefficient (Wildman–Crippen LogP) is 3.85. The largest absolute Gasteiger partial charge is 0.489 e. The summed E-state index contributed by atoms with van der Waals surface area (Å²) in [6, 6.07) is 8.10. The van der Waals surface area contributed by atoms with Crippen LogP contribution in [0.3, 0.4) is 0 Å². The molecule has 1 atom stereocenters. The van der Waals surface area contributed by atoms with Crippen LogP contribution < -0.4 is 15.4 Å². The van der Waals surface area contributed by atoms with Crippen molar-refractivity contribution in [3.05, 3.63) is 47.6 Å². The molecule has 7 heteroatoms. The minimum absolute atomic E-state index is 0.155. The number of hydrogen-bond donors (Lipinski definition) is 2. The van der Waals surface area contributed by atoms with Crippen molar-refractivity contribution in [3.8, 4) is 5.75 Å². The molecule has 1 aromatic heterocycles. The normalized spacial score (nSPS) is 12.9. The number of hydrogen-bond acceptors (Lipinski definition) is 4. The van der Waals surface area contributed by atoms with Crippen LogP contribution in [0.2, 0.25) is 0 Å². The number of ether oxygens (including phenoxy) is 1. The van der Waals surface area contributed by atoms with Gasteiger partial charge in [-0.15, -0.1) is 0 Å². The fourth-order valence-corrected chi connectivity index (χ4v) is 2.76. The molecule has 2 rings (SSSR count). The highest BCUT2D eigenvalue weighted by Gasteiger charge is 2.13. The molecule has 1 heterocycles. The van der Waals surface area contributed by atoms with E-state index in [1.54, 1.807) is 19.2 Å². The zero-order valence-electron chi connectivity index (χ0n) is 16.5. The van der Waals surface area contributed by atoms with Crippen molar-refractivity contribution < 1.29 is 13.7 Å². The number of aromatic nitrogens is 1. The highest BCUT2D eigenvalue weighted by atomic mass is 19.1. The van der Waals surface area contributed by atoms with Crippen LogP contribution in [0.15, 0.2) is 39.8 Å². The van der Waals surface area contributed by atoms with Crippen LogP contribution in [0.5, 0.6) is 5.75 Å². The maximum atomic E-state index is 13.2. The van der Waals surface area contributed by atoms with E-state index in [0.29, 0.717) is 30.7 Å². The van der Waals surface area contributed by atoms with Crippen molar-refractivity contribution in [2.24, 2.45) is 4.99 Å². The van der Waals surface area contributed by atoms with Gasteiger partial charge in [0, 0.05) is 25.1 Å². The Labute approximate surface area is 160 Å². The summed E-state index contributed by atoms with van der Waals surface area (Å²) in [4.78, 5) is 4.19. The number of aliphatic imine (C=N–C) groups is 1. The third-order valence-electron chi connectivity index (χ3n) is 4.33. The first-order valence-electron chi connectivity index (χ1n) is 9.37. The Bertz CT molecular complexity index is 728. The van der Waals surface area contributed by atoms with Crippen LogP contribution in [-0.4, -0.2) is 30.8 Å². The molecule has 6 nitrogen and oxygen atoms in total. The van der Waals surface area contributed by atoms with Crippen LogP contribution in [-0.2, 0) is 6.54 Å². The standard InChI is InChI=1S/C20H29FN4O2/c1-5-15(6-2)19-11-18(27-25-19)13-24-20(22-4)23-12-14(3)26-17-9-7-8-16(21)10-17/h7-11,14-15H,5-6,12-13H2,1-4H3,(H2,22,23,24). The monoisotopic (exact) mass is 376 g/mol. The molecule has 0 saturated carbocycles. The third-order valence-corrected chi connectivity index (χ3v) is 4.33. The number of benzene rings is 1. The van der Waals surface area contributed by atoms with Gasteiger partial charge in [0.1, 0.15) is 17.7 Å². The zero-order valence-corrected chi connectivity index (χ0v) is 16.5. The summed E-state index contributed by atoms with van der Waals surface area (Å²) in [6.45, 7) is 7.22. The minimum Gasteiger partial charge on any atom is -0.489 e. The molecule has 0 fully saturated rings. The van der Waals surface area contributed by atoms with Crippen LogP contribution in [0, 0.1) is 5.82 Å². The van der Waals surface area contributed by atoms with Gasteiger partial charge in [0.2, 0.25) is 0 Å². The van der Waals surface area contributed by atoms with Crippen LogP contribution in [0.25, 0.3) is 0 Å². The molecular weight excluding hydrogens is 347 g/mol. The Morgan fingerprint density at radius 3 is 2.70 bits per heavy atom. The molecular formula is C20H29FN4O2. The van der Waals surface area contributed by atoms with Gasteiger partial charge in [0.25, 0.3) is 0 Å². The first-order valence-corrected chi connectivity index (χ1v) is 9.37. The number of guanidine groups is 1. The Kier molecular flexibility index (Phi) is 8.10. The Morgan fingerprint density at radius 2 is 2.04 bits per heavy atom. The van der Waals surface area contributed by atoms with E-state index >= 15 is 0 Å². The second kappa shape index (κ2) is 10.5. The highest BCUT2D eigenvalue weighted by Crippen LogP contribution is 2.22. The SMILES string of the molecule is CCC(CC)c1cc(CNC(=NC)NCC(C)Oc2cccc(F)c2)on1.